The molecule has 7 heteroatoms. The highest BCUT2D eigenvalue weighted by Crippen LogP contribution is 2.26. The molecular formula is C21H42IN5O. The molecule has 0 aromatic carbocycles. The molecule has 0 bridgehead atoms. The molecule has 6 nitrogen and oxygen atoms in total. The van der Waals surface area contributed by atoms with Gasteiger partial charge < -0.3 is 25.2 Å². The molecule has 2 N–H and O–H groups in total. The minimum atomic E-state index is 0. The quantitative estimate of drug-likeness (QED) is 0.300. The summed E-state index contributed by atoms with van der Waals surface area (Å²) >= 11 is 0. The third-order valence-corrected chi connectivity index (χ3v) is 6.70. The lowest BCUT2D eigenvalue weighted by atomic mass is 9.97. The number of hydrogen-bond acceptors (Lipinski definition) is 4. The second kappa shape index (κ2) is 13.2. The minimum Gasteiger partial charge on any atom is -0.383 e. The molecular weight excluding hydrogens is 465 g/mol. The Hall–Kier alpha value is -0.120. The summed E-state index contributed by atoms with van der Waals surface area (Å²) in [4.78, 5) is 9.65. The molecule has 2 heterocycles. The molecule has 2 aliphatic heterocycles. The number of rotatable bonds is 8. The van der Waals surface area contributed by atoms with Crippen molar-refractivity contribution in [2.75, 3.05) is 66.6 Å². The maximum Gasteiger partial charge on any atom is 0.191 e. The average molecular weight is 508 g/mol. The van der Waals surface area contributed by atoms with Crippen LogP contribution in [0.3, 0.4) is 0 Å². The molecule has 1 aliphatic carbocycles. The van der Waals surface area contributed by atoms with Crippen LogP contribution in [0.15, 0.2) is 4.99 Å². The van der Waals surface area contributed by atoms with Crippen LogP contribution >= 0.6 is 24.0 Å². The fourth-order valence-corrected chi connectivity index (χ4v) is 4.94. The smallest absolute Gasteiger partial charge is 0.191 e. The number of likely N-dealkylation sites (tertiary alicyclic amines) is 2. The predicted octanol–water partition coefficient (Wildman–Crippen LogP) is 2.39. The Morgan fingerprint density at radius 3 is 2.39 bits per heavy atom. The predicted molar refractivity (Wildman–Crippen MR) is 128 cm³/mol. The van der Waals surface area contributed by atoms with Crippen molar-refractivity contribution in [2.24, 2.45) is 16.8 Å². The highest BCUT2D eigenvalue weighted by atomic mass is 127. The van der Waals surface area contributed by atoms with Crippen molar-refractivity contribution >= 4 is 29.9 Å². The second-order valence-corrected chi connectivity index (χ2v) is 8.77. The number of guanidine groups is 1. The Morgan fingerprint density at radius 1 is 1.00 bits per heavy atom. The Morgan fingerprint density at radius 2 is 1.71 bits per heavy atom. The number of ether oxygens (including phenoxy) is 1. The first kappa shape index (κ1) is 24.2. The standard InChI is InChI=1S/C21H41N5O.HI/c1-22-21(23-15-18-7-10-25(11-8-18)13-14-27-2)24-20-9-12-26(17-20)16-19-5-3-4-6-19;/h18-20H,3-17H2,1-2H3,(H2,22,23,24);1H. The van der Waals surface area contributed by atoms with E-state index in [1.807, 2.05) is 7.05 Å². The summed E-state index contributed by atoms with van der Waals surface area (Å²) in [5, 5.41) is 7.26. The van der Waals surface area contributed by atoms with Crippen LogP contribution in [0.2, 0.25) is 0 Å². The molecule has 1 atom stereocenters. The molecule has 3 rings (SSSR count). The normalized spacial score (nSPS) is 25.8. The number of aliphatic imine (C=N–C) groups is 1. The Bertz CT molecular complexity index is 450. The van der Waals surface area contributed by atoms with E-state index in [1.165, 1.54) is 77.7 Å². The van der Waals surface area contributed by atoms with Gasteiger partial charge in [-0.05, 0) is 57.0 Å². The van der Waals surface area contributed by atoms with Gasteiger partial charge >= 0.3 is 0 Å². The zero-order chi connectivity index (χ0) is 18.9. The molecule has 3 fully saturated rings. The topological polar surface area (TPSA) is 52.1 Å². The van der Waals surface area contributed by atoms with Gasteiger partial charge in [0.2, 0.25) is 0 Å². The van der Waals surface area contributed by atoms with Crippen LogP contribution in [0.25, 0.3) is 0 Å². The van der Waals surface area contributed by atoms with Crippen molar-refractivity contribution in [3.8, 4) is 0 Å². The first-order valence-electron chi connectivity index (χ1n) is 11.2. The zero-order valence-corrected chi connectivity index (χ0v) is 20.3. The van der Waals surface area contributed by atoms with E-state index in [4.69, 9.17) is 4.74 Å². The molecule has 0 radical (unpaired) electrons. The van der Waals surface area contributed by atoms with E-state index in [2.05, 4.69) is 25.4 Å². The maximum absolute atomic E-state index is 5.19. The summed E-state index contributed by atoms with van der Waals surface area (Å²) in [5.74, 6) is 2.70. The van der Waals surface area contributed by atoms with Gasteiger partial charge in [-0.1, -0.05) is 12.8 Å². The van der Waals surface area contributed by atoms with Gasteiger partial charge in [-0.3, -0.25) is 4.99 Å². The summed E-state index contributed by atoms with van der Waals surface area (Å²) in [5.41, 5.74) is 0. The van der Waals surface area contributed by atoms with Crippen LogP contribution in [0.5, 0.6) is 0 Å². The van der Waals surface area contributed by atoms with Crippen LogP contribution in [0.1, 0.15) is 44.9 Å². The lowest BCUT2D eigenvalue weighted by Gasteiger charge is -2.32. The van der Waals surface area contributed by atoms with E-state index in [0.29, 0.717) is 6.04 Å². The van der Waals surface area contributed by atoms with Crippen LogP contribution in [0.4, 0.5) is 0 Å². The van der Waals surface area contributed by atoms with E-state index < -0.39 is 0 Å². The zero-order valence-electron chi connectivity index (χ0n) is 18.0. The average Bonchev–Trinajstić information content (AvgIpc) is 3.36. The lowest BCUT2D eigenvalue weighted by Crippen LogP contribution is -2.47. The fraction of sp³-hybridized carbons (Fsp3) is 0.952. The Labute approximate surface area is 189 Å². The number of nitrogens with one attached hydrogen (secondary N) is 2. The van der Waals surface area contributed by atoms with Gasteiger partial charge in [-0.25, -0.2) is 0 Å². The van der Waals surface area contributed by atoms with Crippen molar-refractivity contribution < 1.29 is 4.74 Å². The lowest BCUT2D eigenvalue weighted by molar-refractivity contribution is 0.121. The maximum atomic E-state index is 5.19. The number of halogens is 1. The van der Waals surface area contributed by atoms with Gasteiger partial charge in [0, 0.05) is 52.9 Å². The SMILES string of the molecule is CN=C(NCC1CCN(CCOC)CC1)NC1CCN(CC2CCCC2)C1.I. The van der Waals surface area contributed by atoms with Crippen LogP contribution in [-0.4, -0.2) is 88.4 Å². The fourth-order valence-electron chi connectivity index (χ4n) is 4.94. The second-order valence-electron chi connectivity index (χ2n) is 8.77. The van der Waals surface area contributed by atoms with E-state index in [1.54, 1.807) is 7.11 Å². The highest BCUT2D eigenvalue weighted by Gasteiger charge is 2.26. The van der Waals surface area contributed by atoms with Crippen molar-refractivity contribution in [3.05, 3.63) is 0 Å². The molecule has 164 valence electrons. The van der Waals surface area contributed by atoms with Gasteiger partial charge in [0.1, 0.15) is 0 Å². The highest BCUT2D eigenvalue weighted by molar-refractivity contribution is 14.0. The summed E-state index contributed by atoms with van der Waals surface area (Å²) in [6.07, 6.45) is 9.57. The first-order chi connectivity index (χ1) is 13.3. The number of methoxy groups -OCH3 is 1. The number of hydrogen-bond donors (Lipinski definition) is 2. The molecule has 1 saturated carbocycles. The summed E-state index contributed by atoms with van der Waals surface area (Å²) in [6.45, 7) is 9.07. The molecule has 0 spiro atoms. The largest absolute Gasteiger partial charge is 0.383 e. The monoisotopic (exact) mass is 507 g/mol. The van der Waals surface area contributed by atoms with E-state index in [0.717, 1.165) is 37.5 Å². The van der Waals surface area contributed by atoms with E-state index in [-0.39, 0.29) is 24.0 Å². The van der Waals surface area contributed by atoms with Crippen LogP contribution in [-0.2, 0) is 4.74 Å². The molecule has 2 saturated heterocycles. The van der Waals surface area contributed by atoms with Gasteiger partial charge in [-0.15, -0.1) is 24.0 Å². The molecule has 0 amide bonds. The van der Waals surface area contributed by atoms with Crippen molar-refractivity contribution in [3.63, 3.8) is 0 Å². The first-order valence-corrected chi connectivity index (χ1v) is 11.2. The van der Waals surface area contributed by atoms with E-state index >= 15 is 0 Å². The molecule has 28 heavy (non-hydrogen) atoms. The summed E-state index contributed by atoms with van der Waals surface area (Å²) in [6, 6.07) is 0.550. The third kappa shape index (κ3) is 7.95. The number of nitrogens with zero attached hydrogens (tertiary/aromatic N) is 3. The van der Waals surface area contributed by atoms with Crippen LogP contribution in [0, 0.1) is 11.8 Å². The molecule has 1 unspecified atom stereocenters. The van der Waals surface area contributed by atoms with Crippen molar-refractivity contribution in [1.29, 1.82) is 0 Å². The van der Waals surface area contributed by atoms with Gasteiger partial charge in [0.05, 0.1) is 6.61 Å². The van der Waals surface area contributed by atoms with Gasteiger partial charge in [-0.2, -0.15) is 0 Å². The van der Waals surface area contributed by atoms with Gasteiger partial charge in [0.25, 0.3) is 0 Å². The van der Waals surface area contributed by atoms with Crippen LogP contribution < -0.4 is 10.6 Å². The van der Waals surface area contributed by atoms with Crippen molar-refractivity contribution in [2.45, 2.75) is 51.0 Å². The Kier molecular flexibility index (Phi) is 11.4. The Balaban J connectivity index is 0.00000280. The third-order valence-electron chi connectivity index (χ3n) is 6.70. The van der Waals surface area contributed by atoms with E-state index in [9.17, 15) is 0 Å². The summed E-state index contributed by atoms with van der Waals surface area (Å²) < 4.78 is 5.19. The van der Waals surface area contributed by atoms with Gasteiger partial charge in [0.15, 0.2) is 5.96 Å². The minimum absolute atomic E-state index is 0. The molecule has 0 aromatic rings. The number of piperidine rings is 1. The van der Waals surface area contributed by atoms with Crippen molar-refractivity contribution in [1.82, 2.24) is 20.4 Å². The molecule has 3 aliphatic rings. The molecule has 0 aromatic heterocycles. The summed E-state index contributed by atoms with van der Waals surface area (Å²) in [7, 11) is 3.68.